The minimum Gasteiger partial charge on any atom is -0.453 e. The van der Waals surface area contributed by atoms with Gasteiger partial charge in [-0.15, -0.1) is 0 Å². The summed E-state index contributed by atoms with van der Waals surface area (Å²) in [7, 11) is 1.32. The first-order chi connectivity index (χ1) is 16.0. The number of nitrogens with one attached hydrogen (secondary N) is 1. The minimum atomic E-state index is -0.526. The van der Waals surface area contributed by atoms with E-state index in [1.165, 1.54) is 7.11 Å². The van der Waals surface area contributed by atoms with Gasteiger partial charge in [0.2, 0.25) is 0 Å². The van der Waals surface area contributed by atoms with Crippen molar-refractivity contribution in [1.82, 2.24) is 9.38 Å². The molecule has 2 aromatic carbocycles. The van der Waals surface area contributed by atoms with Crippen LogP contribution in [0, 0.1) is 0 Å². The fraction of sp³-hybridized carbons (Fsp3) is 0.160. The Kier molecular flexibility index (Phi) is 5.48. The quantitative estimate of drug-likeness (QED) is 0.418. The van der Waals surface area contributed by atoms with Gasteiger partial charge >= 0.3 is 6.09 Å². The standard InChI is InChI=1S/C25H21ClN4O3/c1-33-25(32)28-19-7-2-16(3-8-19)22-14-27-23-13-4-17(15-29(22)23)24(31)30(21-11-12-21)20-9-5-18(26)6-10-20/h2-10,13-15,21H,11-12H2,1H3,(H,28,32). The molecule has 2 heterocycles. The fourth-order valence-corrected chi connectivity index (χ4v) is 3.91. The molecule has 0 unspecified atom stereocenters. The highest BCUT2D eigenvalue weighted by atomic mass is 35.5. The Labute approximate surface area is 195 Å². The van der Waals surface area contributed by atoms with Crippen molar-refractivity contribution in [1.29, 1.82) is 0 Å². The Morgan fingerprint density at radius 3 is 2.45 bits per heavy atom. The number of imidazole rings is 1. The third-order valence-corrected chi connectivity index (χ3v) is 5.85. The van der Waals surface area contributed by atoms with Crippen LogP contribution in [-0.2, 0) is 4.74 Å². The number of hydrogen-bond acceptors (Lipinski definition) is 4. The number of fused-ring (bicyclic) bond motifs is 1. The second-order valence-electron chi connectivity index (χ2n) is 7.87. The van der Waals surface area contributed by atoms with Gasteiger partial charge in [0.05, 0.1) is 24.6 Å². The SMILES string of the molecule is COC(=O)Nc1ccc(-c2cnc3ccc(C(=O)N(c4ccc(Cl)cc4)C4CC4)cn23)cc1. The molecule has 166 valence electrons. The van der Waals surface area contributed by atoms with Gasteiger partial charge in [-0.1, -0.05) is 23.7 Å². The number of amides is 2. The normalized spacial score (nSPS) is 13.0. The van der Waals surface area contributed by atoms with Crippen molar-refractivity contribution < 1.29 is 14.3 Å². The average molecular weight is 461 g/mol. The number of pyridine rings is 1. The van der Waals surface area contributed by atoms with Crippen LogP contribution in [0.4, 0.5) is 16.2 Å². The van der Waals surface area contributed by atoms with E-state index in [2.05, 4.69) is 15.0 Å². The van der Waals surface area contributed by atoms with Crippen LogP contribution in [0.1, 0.15) is 23.2 Å². The van der Waals surface area contributed by atoms with Crippen LogP contribution < -0.4 is 10.2 Å². The second kappa shape index (κ2) is 8.60. The van der Waals surface area contributed by atoms with Crippen molar-refractivity contribution >= 4 is 40.6 Å². The minimum absolute atomic E-state index is 0.0565. The summed E-state index contributed by atoms with van der Waals surface area (Å²) < 4.78 is 6.53. The molecular formula is C25H21ClN4O3. The van der Waals surface area contributed by atoms with Gasteiger partial charge in [-0.05, 0) is 61.4 Å². The van der Waals surface area contributed by atoms with Gasteiger partial charge in [0.25, 0.3) is 5.91 Å². The molecule has 1 aliphatic carbocycles. The van der Waals surface area contributed by atoms with Gasteiger partial charge in [0.15, 0.2) is 0 Å². The summed E-state index contributed by atoms with van der Waals surface area (Å²) in [6, 6.07) is 18.6. The lowest BCUT2D eigenvalue weighted by Gasteiger charge is -2.23. The lowest BCUT2D eigenvalue weighted by Crippen LogP contribution is -2.33. The van der Waals surface area contributed by atoms with E-state index in [1.807, 2.05) is 51.9 Å². The number of rotatable bonds is 5. The highest BCUT2D eigenvalue weighted by Crippen LogP contribution is 2.34. The lowest BCUT2D eigenvalue weighted by atomic mass is 10.1. The first kappa shape index (κ1) is 21.0. The highest BCUT2D eigenvalue weighted by molar-refractivity contribution is 6.30. The zero-order chi connectivity index (χ0) is 22.9. The lowest BCUT2D eigenvalue weighted by molar-refractivity contribution is 0.0985. The molecule has 8 heteroatoms. The summed E-state index contributed by atoms with van der Waals surface area (Å²) in [5, 5.41) is 3.27. The Morgan fingerprint density at radius 1 is 1.06 bits per heavy atom. The van der Waals surface area contributed by atoms with Crippen molar-refractivity contribution in [2.75, 3.05) is 17.3 Å². The van der Waals surface area contributed by atoms with Crippen LogP contribution in [0.25, 0.3) is 16.9 Å². The van der Waals surface area contributed by atoms with Crippen molar-refractivity contribution in [2.24, 2.45) is 0 Å². The van der Waals surface area contributed by atoms with Crippen LogP contribution in [0.15, 0.2) is 73.1 Å². The van der Waals surface area contributed by atoms with Crippen LogP contribution in [0.5, 0.6) is 0 Å². The number of aromatic nitrogens is 2. The highest BCUT2D eigenvalue weighted by Gasteiger charge is 2.34. The molecule has 0 atom stereocenters. The topological polar surface area (TPSA) is 75.9 Å². The van der Waals surface area contributed by atoms with Crippen LogP contribution in [0.2, 0.25) is 5.02 Å². The molecule has 0 bridgehead atoms. The van der Waals surface area contributed by atoms with E-state index in [-0.39, 0.29) is 11.9 Å². The molecule has 0 saturated heterocycles. The number of nitrogens with zero attached hydrogens (tertiary/aromatic N) is 3. The molecule has 1 fully saturated rings. The first-order valence-electron chi connectivity index (χ1n) is 10.5. The van der Waals surface area contributed by atoms with E-state index in [0.717, 1.165) is 35.4 Å². The Hall–Kier alpha value is -3.84. The van der Waals surface area contributed by atoms with Crippen molar-refractivity contribution in [3.63, 3.8) is 0 Å². The van der Waals surface area contributed by atoms with Crippen molar-refractivity contribution in [2.45, 2.75) is 18.9 Å². The van der Waals surface area contributed by atoms with Gasteiger partial charge < -0.3 is 9.64 Å². The predicted octanol–water partition coefficient (Wildman–Crippen LogP) is 5.64. The number of halogens is 1. The molecule has 0 aliphatic heterocycles. The van der Waals surface area contributed by atoms with Crippen LogP contribution >= 0.6 is 11.6 Å². The van der Waals surface area contributed by atoms with Crippen LogP contribution in [0.3, 0.4) is 0 Å². The Bertz CT molecular complexity index is 1330. The van der Waals surface area contributed by atoms with E-state index >= 15 is 0 Å². The molecule has 1 saturated carbocycles. The molecule has 0 spiro atoms. The number of methoxy groups -OCH3 is 1. The maximum Gasteiger partial charge on any atom is 0.411 e. The largest absolute Gasteiger partial charge is 0.453 e. The summed E-state index contributed by atoms with van der Waals surface area (Å²) in [5.41, 5.74) is 4.52. The third-order valence-electron chi connectivity index (χ3n) is 5.60. The predicted molar refractivity (Wildman–Crippen MR) is 128 cm³/mol. The zero-order valence-electron chi connectivity index (χ0n) is 17.9. The number of anilines is 2. The molecule has 0 radical (unpaired) electrons. The smallest absolute Gasteiger partial charge is 0.411 e. The number of benzene rings is 2. The molecule has 2 amide bonds. The van der Waals surface area contributed by atoms with Gasteiger partial charge in [-0.3, -0.25) is 14.5 Å². The maximum atomic E-state index is 13.5. The van der Waals surface area contributed by atoms with E-state index in [0.29, 0.717) is 16.3 Å². The number of carbonyl (C=O) groups excluding carboxylic acids is 2. The fourth-order valence-electron chi connectivity index (χ4n) is 3.78. The van der Waals surface area contributed by atoms with Crippen molar-refractivity contribution in [3.05, 3.63) is 83.6 Å². The van der Waals surface area contributed by atoms with Gasteiger partial charge in [0.1, 0.15) is 5.65 Å². The summed E-state index contributed by atoms with van der Waals surface area (Å²) >= 11 is 6.04. The molecule has 2 aromatic heterocycles. The summed E-state index contributed by atoms with van der Waals surface area (Å²) in [6.45, 7) is 0. The van der Waals surface area contributed by atoms with Gasteiger partial charge in [-0.2, -0.15) is 0 Å². The van der Waals surface area contributed by atoms with E-state index in [4.69, 9.17) is 11.6 Å². The summed E-state index contributed by atoms with van der Waals surface area (Å²) in [5.74, 6) is -0.0565. The molecule has 7 nitrogen and oxygen atoms in total. The number of ether oxygens (including phenoxy) is 1. The summed E-state index contributed by atoms with van der Waals surface area (Å²) in [6.07, 6.45) is 5.04. The number of carbonyl (C=O) groups is 2. The van der Waals surface area contributed by atoms with E-state index < -0.39 is 6.09 Å². The number of hydrogen-bond donors (Lipinski definition) is 1. The van der Waals surface area contributed by atoms with E-state index in [1.54, 1.807) is 30.5 Å². The first-order valence-corrected chi connectivity index (χ1v) is 10.9. The second-order valence-corrected chi connectivity index (χ2v) is 8.30. The van der Waals surface area contributed by atoms with E-state index in [9.17, 15) is 9.59 Å². The molecule has 4 aromatic rings. The maximum absolute atomic E-state index is 13.5. The molecular weight excluding hydrogens is 440 g/mol. The molecule has 1 aliphatic rings. The molecule has 5 rings (SSSR count). The van der Waals surface area contributed by atoms with Gasteiger partial charge in [0, 0.05) is 34.2 Å². The van der Waals surface area contributed by atoms with Crippen molar-refractivity contribution in [3.8, 4) is 11.3 Å². The molecule has 33 heavy (non-hydrogen) atoms. The Morgan fingerprint density at radius 2 is 1.79 bits per heavy atom. The third kappa shape index (κ3) is 4.27. The molecule has 1 N–H and O–H groups in total. The Balaban J connectivity index is 1.47. The zero-order valence-corrected chi connectivity index (χ0v) is 18.6. The van der Waals surface area contributed by atoms with Crippen LogP contribution in [-0.4, -0.2) is 34.5 Å². The average Bonchev–Trinajstić information content (AvgIpc) is 3.58. The monoisotopic (exact) mass is 460 g/mol. The van der Waals surface area contributed by atoms with Gasteiger partial charge in [-0.25, -0.2) is 9.78 Å². The summed E-state index contributed by atoms with van der Waals surface area (Å²) in [4.78, 5) is 31.2.